The van der Waals surface area contributed by atoms with E-state index in [-0.39, 0.29) is 0 Å². The third-order valence-electron chi connectivity index (χ3n) is 4.47. The number of piperidine rings is 1. The number of likely N-dealkylation sites (tertiary alicyclic amines) is 1. The van der Waals surface area contributed by atoms with Crippen LogP contribution in [0.25, 0.3) is 0 Å². The molecule has 0 saturated carbocycles. The van der Waals surface area contributed by atoms with Crippen LogP contribution in [0.4, 0.5) is 0 Å². The van der Waals surface area contributed by atoms with Crippen molar-refractivity contribution in [2.24, 2.45) is 0 Å². The van der Waals surface area contributed by atoms with Crippen molar-refractivity contribution >= 4 is 0 Å². The van der Waals surface area contributed by atoms with Crippen LogP contribution in [0.5, 0.6) is 0 Å². The molecular formula is C17H27N. The fourth-order valence-electron chi connectivity index (χ4n) is 2.87. The lowest BCUT2D eigenvalue weighted by molar-refractivity contribution is 0.219. The Morgan fingerprint density at radius 3 is 2.39 bits per heavy atom. The number of benzene rings is 1. The molecular weight excluding hydrogens is 218 g/mol. The van der Waals surface area contributed by atoms with Gasteiger partial charge in [-0.2, -0.15) is 0 Å². The van der Waals surface area contributed by atoms with Crippen molar-refractivity contribution < 1.29 is 0 Å². The van der Waals surface area contributed by atoms with Crippen molar-refractivity contribution in [2.75, 3.05) is 13.1 Å². The molecule has 0 spiro atoms. The predicted octanol–water partition coefficient (Wildman–Crippen LogP) is 4.36. The summed E-state index contributed by atoms with van der Waals surface area (Å²) in [6.07, 6.45) is 5.36. The van der Waals surface area contributed by atoms with E-state index in [1.165, 1.54) is 49.9 Å². The fraction of sp³-hybridized carbons (Fsp3) is 0.647. The predicted molar refractivity (Wildman–Crippen MR) is 78.9 cm³/mol. The largest absolute Gasteiger partial charge is 0.299 e. The van der Waals surface area contributed by atoms with Gasteiger partial charge in [0.2, 0.25) is 0 Å². The first-order valence-electron chi connectivity index (χ1n) is 7.44. The van der Waals surface area contributed by atoms with E-state index in [1.807, 2.05) is 0 Å². The molecule has 1 saturated heterocycles. The number of rotatable bonds is 4. The Hall–Kier alpha value is -0.820. The van der Waals surface area contributed by atoms with Crippen LogP contribution in [0.1, 0.15) is 57.6 Å². The van der Waals surface area contributed by atoms with E-state index in [0.717, 1.165) is 6.54 Å². The van der Waals surface area contributed by atoms with Gasteiger partial charge in [-0.15, -0.1) is 0 Å². The molecule has 2 rings (SSSR count). The van der Waals surface area contributed by atoms with Crippen molar-refractivity contribution in [3.8, 4) is 0 Å². The van der Waals surface area contributed by atoms with E-state index < -0.39 is 0 Å². The van der Waals surface area contributed by atoms with Crippen LogP contribution >= 0.6 is 0 Å². The zero-order chi connectivity index (χ0) is 13.0. The van der Waals surface area contributed by atoms with Crippen LogP contribution < -0.4 is 0 Å². The molecule has 1 heteroatoms. The monoisotopic (exact) mass is 245 g/mol. The highest BCUT2D eigenvalue weighted by atomic mass is 15.1. The van der Waals surface area contributed by atoms with Crippen molar-refractivity contribution in [3.63, 3.8) is 0 Å². The van der Waals surface area contributed by atoms with Crippen LogP contribution in [-0.2, 0) is 12.0 Å². The molecule has 100 valence electrons. The lowest BCUT2D eigenvalue weighted by Gasteiger charge is -2.31. The zero-order valence-electron chi connectivity index (χ0n) is 12.2. The summed E-state index contributed by atoms with van der Waals surface area (Å²) in [6, 6.07) is 9.02. The molecule has 0 radical (unpaired) electrons. The summed E-state index contributed by atoms with van der Waals surface area (Å²) in [6.45, 7) is 10.7. The van der Waals surface area contributed by atoms with E-state index >= 15 is 0 Å². The van der Waals surface area contributed by atoms with Gasteiger partial charge in [-0.25, -0.2) is 0 Å². The normalized spacial score (nSPS) is 17.9. The summed E-state index contributed by atoms with van der Waals surface area (Å²) in [4.78, 5) is 2.62. The van der Waals surface area contributed by atoms with Crippen molar-refractivity contribution in [3.05, 3.63) is 35.4 Å². The Morgan fingerprint density at radius 2 is 1.72 bits per heavy atom. The first-order chi connectivity index (χ1) is 8.63. The second-order valence-electron chi connectivity index (χ2n) is 6.23. The molecule has 1 aromatic rings. The Kier molecular flexibility index (Phi) is 4.45. The lowest BCUT2D eigenvalue weighted by atomic mass is 9.79. The van der Waals surface area contributed by atoms with E-state index in [4.69, 9.17) is 0 Å². The maximum absolute atomic E-state index is 2.62. The van der Waals surface area contributed by atoms with E-state index in [1.54, 1.807) is 0 Å². The second kappa shape index (κ2) is 5.88. The summed E-state index contributed by atoms with van der Waals surface area (Å²) in [5, 5.41) is 0. The highest BCUT2D eigenvalue weighted by molar-refractivity contribution is 5.33. The second-order valence-corrected chi connectivity index (χ2v) is 6.23. The molecule has 0 aliphatic carbocycles. The molecule has 0 amide bonds. The van der Waals surface area contributed by atoms with Gasteiger partial charge in [0.1, 0.15) is 0 Å². The van der Waals surface area contributed by atoms with Gasteiger partial charge in [-0.3, -0.25) is 4.90 Å². The molecule has 0 atom stereocenters. The lowest BCUT2D eigenvalue weighted by Crippen LogP contribution is -2.30. The smallest absolute Gasteiger partial charge is 0.0236 e. The molecule has 0 aromatic heterocycles. The van der Waals surface area contributed by atoms with E-state index in [9.17, 15) is 0 Å². The number of hydrogen-bond donors (Lipinski definition) is 0. The van der Waals surface area contributed by atoms with Crippen LogP contribution in [0, 0.1) is 0 Å². The summed E-state index contributed by atoms with van der Waals surface area (Å²) >= 11 is 0. The van der Waals surface area contributed by atoms with Crippen LogP contribution in [0.15, 0.2) is 24.3 Å². The Balaban J connectivity index is 2.16. The van der Waals surface area contributed by atoms with Gasteiger partial charge in [-0.05, 0) is 48.9 Å². The molecule has 1 aliphatic rings. The molecule has 1 aliphatic heterocycles. The van der Waals surface area contributed by atoms with Crippen LogP contribution in [-0.4, -0.2) is 18.0 Å². The average molecular weight is 245 g/mol. The molecule has 1 heterocycles. The molecule has 1 aromatic carbocycles. The number of nitrogens with zero attached hydrogens (tertiary/aromatic N) is 1. The van der Waals surface area contributed by atoms with Crippen LogP contribution in [0.2, 0.25) is 0 Å². The van der Waals surface area contributed by atoms with Gasteiger partial charge in [0.25, 0.3) is 0 Å². The maximum Gasteiger partial charge on any atom is 0.0236 e. The maximum atomic E-state index is 2.62. The molecule has 0 bridgehead atoms. The van der Waals surface area contributed by atoms with Gasteiger partial charge >= 0.3 is 0 Å². The minimum atomic E-state index is 0.298. The molecule has 1 nitrogen and oxygen atoms in total. The first-order valence-corrected chi connectivity index (χ1v) is 7.44. The average Bonchev–Trinajstić information content (AvgIpc) is 2.40. The summed E-state index contributed by atoms with van der Waals surface area (Å²) in [7, 11) is 0. The Bertz CT molecular complexity index is 375. The van der Waals surface area contributed by atoms with Crippen molar-refractivity contribution in [1.82, 2.24) is 4.90 Å². The third kappa shape index (κ3) is 3.14. The van der Waals surface area contributed by atoms with Gasteiger partial charge < -0.3 is 0 Å². The molecule has 0 N–H and O–H groups in total. The number of hydrogen-bond acceptors (Lipinski definition) is 1. The van der Waals surface area contributed by atoms with Gasteiger partial charge in [0, 0.05) is 6.54 Å². The minimum absolute atomic E-state index is 0.298. The quantitative estimate of drug-likeness (QED) is 0.762. The van der Waals surface area contributed by atoms with Crippen molar-refractivity contribution in [2.45, 2.75) is 58.4 Å². The SMILES string of the molecule is CCC(C)(C)c1ccccc1CN1CCCCC1. The third-order valence-corrected chi connectivity index (χ3v) is 4.47. The summed E-state index contributed by atoms with van der Waals surface area (Å²) in [5.41, 5.74) is 3.37. The minimum Gasteiger partial charge on any atom is -0.299 e. The van der Waals surface area contributed by atoms with Gasteiger partial charge in [0.15, 0.2) is 0 Å². The van der Waals surface area contributed by atoms with Gasteiger partial charge in [0.05, 0.1) is 0 Å². The zero-order valence-corrected chi connectivity index (χ0v) is 12.2. The highest BCUT2D eigenvalue weighted by Gasteiger charge is 2.22. The van der Waals surface area contributed by atoms with Crippen molar-refractivity contribution in [1.29, 1.82) is 0 Å². The standard InChI is InChI=1S/C17H27N/c1-4-17(2,3)16-11-7-6-10-15(16)14-18-12-8-5-9-13-18/h6-7,10-11H,4-5,8-9,12-14H2,1-3H3. The Labute approximate surface area is 112 Å². The van der Waals surface area contributed by atoms with E-state index in [0.29, 0.717) is 5.41 Å². The first kappa shape index (κ1) is 13.6. The molecule has 0 unspecified atom stereocenters. The van der Waals surface area contributed by atoms with Gasteiger partial charge in [-0.1, -0.05) is 51.5 Å². The summed E-state index contributed by atoms with van der Waals surface area (Å²) in [5.74, 6) is 0. The molecule has 18 heavy (non-hydrogen) atoms. The Morgan fingerprint density at radius 1 is 1.06 bits per heavy atom. The summed E-state index contributed by atoms with van der Waals surface area (Å²) < 4.78 is 0. The fourth-order valence-corrected chi connectivity index (χ4v) is 2.87. The van der Waals surface area contributed by atoms with E-state index in [2.05, 4.69) is 49.9 Å². The van der Waals surface area contributed by atoms with Crippen LogP contribution in [0.3, 0.4) is 0 Å². The molecule has 1 fully saturated rings. The highest BCUT2D eigenvalue weighted by Crippen LogP contribution is 2.30. The topological polar surface area (TPSA) is 3.24 Å².